The fraction of sp³-hybridized carbons (Fsp3) is 0.355. The number of nitrogens with one attached hydrogen (secondary N) is 1. The molecule has 3 rings (SSSR count). The van der Waals surface area contributed by atoms with Crippen LogP contribution in [-0.4, -0.2) is 50.9 Å². The van der Waals surface area contributed by atoms with Crippen LogP contribution in [0.25, 0.3) is 0 Å². The van der Waals surface area contributed by atoms with E-state index in [9.17, 15) is 22.4 Å². The smallest absolute Gasteiger partial charge is 0.264 e. The monoisotopic (exact) mass is 661 g/mol. The lowest BCUT2D eigenvalue weighted by Gasteiger charge is -2.33. The first-order valence-corrected chi connectivity index (χ1v) is 16.0. The molecule has 0 saturated heterocycles. The van der Waals surface area contributed by atoms with E-state index in [2.05, 4.69) is 21.2 Å². The van der Waals surface area contributed by atoms with E-state index >= 15 is 0 Å². The molecule has 42 heavy (non-hydrogen) atoms. The average molecular weight is 663 g/mol. The number of benzene rings is 3. The van der Waals surface area contributed by atoms with E-state index in [0.717, 1.165) is 4.31 Å². The molecule has 3 aromatic carbocycles. The maximum absolute atomic E-state index is 14.1. The fourth-order valence-electron chi connectivity index (χ4n) is 4.27. The summed E-state index contributed by atoms with van der Waals surface area (Å²) in [5, 5.41) is 2.88. The van der Waals surface area contributed by atoms with Gasteiger partial charge in [0.05, 0.1) is 17.2 Å². The van der Waals surface area contributed by atoms with Crippen LogP contribution in [0.2, 0.25) is 0 Å². The second kappa shape index (κ2) is 15.2. The maximum Gasteiger partial charge on any atom is 0.264 e. The molecule has 2 amide bonds. The van der Waals surface area contributed by atoms with Gasteiger partial charge >= 0.3 is 0 Å². The highest BCUT2D eigenvalue weighted by Crippen LogP contribution is 2.27. The Morgan fingerprint density at radius 1 is 0.952 bits per heavy atom. The van der Waals surface area contributed by atoms with Crippen LogP contribution >= 0.6 is 15.9 Å². The van der Waals surface area contributed by atoms with Gasteiger partial charge in [0.2, 0.25) is 11.8 Å². The predicted molar refractivity (Wildman–Crippen MR) is 165 cm³/mol. The summed E-state index contributed by atoms with van der Waals surface area (Å²) in [5.74, 6) is -0.607. The molecular formula is C31H37BrFN3O5S. The lowest BCUT2D eigenvalue weighted by Crippen LogP contribution is -2.52. The largest absolute Gasteiger partial charge is 0.494 e. The molecule has 0 saturated carbocycles. The Morgan fingerprint density at radius 3 is 2.12 bits per heavy atom. The molecule has 0 aliphatic rings. The van der Waals surface area contributed by atoms with Crippen molar-refractivity contribution in [3.05, 3.63) is 88.6 Å². The van der Waals surface area contributed by atoms with Crippen molar-refractivity contribution in [2.45, 2.75) is 51.6 Å². The zero-order chi connectivity index (χ0) is 30.9. The van der Waals surface area contributed by atoms with Crippen LogP contribution in [0, 0.1) is 11.7 Å². The van der Waals surface area contributed by atoms with Crippen molar-refractivity contribution in [1.29, 1.82) is 0 Å². The highest BCUT2D eigenvalue weighted by molar-refractivity contribution is 9.10. The molecule has 0 aliphatic heterocycles. The standard InChI is InChI=1S/C31H37BrFN3O5S/c1-5-29(31(38)34-19-22(3)4)35(20-23-7-11-25(33)12-8-23)30(37)21-36(26-13-15-27(16-14-26)41-6-2)42(39,40)28-17-9-24(32)10-18-28/h7-18,22,29H,5-6,19-21H2,1-4H3,(H,34,38)/t29-/m0/s1. The summed E-state index contributed by atoms with van der Waals surface area (Å²) >= 11 is 3.33. The maximum atomic E-state index is 14.1. The Bertz CT molecular complexity index is 1430. The average Bonchev–Trinajstić information content (AvgIpc) is 2.96. The summed E-state index contributed by atoms with van der Waals surface area (Å²) in [6.07, 6.45) is 0.291. The second-order valence-corrected chi connectivity index (χ2v) is 12.9. The van der Waals surface area contributed by atoms with E-state index in [1.165, 1.54) is 41.3 Å². The van der Waals surface area contributed by atoms with Gasteiger partial charge in [-0.2, -0.15) is 0 Å². The third-order valence-electron chi connectivity index (χ3n) is 6.45. The van der Waals surface area contributed by atoms with Gasteiger partial charge in [0, 0.05) is 17.6 Å². The van der Waals surface area contributed by atoms with Gasteiger partial charge in [0.1, 0.15) is 24.2 Å². The van der Waals surface area contributed by atoms with Crippen molar-refractivity contribution in [3.8, 4) is 5.75 Å². The van der Waals surface area contributed by atoms with E-state index in [-0.39, 0.29) is 29.0 Å². The predicted octanol–water partition coefficient (Wildman–Crippen LogP) is 5.76. The number of nitrogens with zero attached hydrogens (tertiary/aromatic N) is 2. The van der Waals surface area contributed by atoms with Crippen molar-refractivity contribution in [3.63, 3.8) is 0 Å². The molecule has 0 unspecified atom stereocenters. The van der Waals surface area contributed by atoms with E-state index in [1.54, 1.807) is 43.3 Å². The van der Waals surface area contributed by atoms with Crippen LogP contribution in [0.5, 0.6) is 5.75 Å². The third kappa shape index (κ3) is 8.78. The lowest BCUT2D eigenvalue weighted by atomic mass is 10.1. The van der Waals surface area contributed by atoms with Gasteiger partial charge in [-0.3, -0.25) is 13.9 Å². The van der Waals surface area contributed by atoms with Crippen LogP contribution < -0.4 is 14.4 Å². The van der Waals surface area contributed by atoms with Gasteiger partial charge in [0.25, 0.3) is 10.0 Å². The Hall–Kier alpha value is -3.44. The summed E-state index contributed by atoms with van der Waals surface area (Å²) in [6.45, 7) is 7.83. The number of anilines is 1. The zero-order valence-corrected chi connectivity index (χ0v) is 26.6. The minimum atomic E-state index is -4.20. The molecule has 0 aromatic heterocycles. The summed E-state index contributed by atoms with van der Waals surface area (Å²) < 4.78 is 48.8. The van der Waals surface area contributed by atoms with Crippen molar-refractivity contribution >= 4 is 43.5 Å². The van der Waals surface area contributed by atoms with E-state index in [1.807, 2.05) is 20.8 Å². The fourth-order valence-corrected chi connectivity index (χ4v) is 5.94. The minimum Gasteiger partial charge on any atom is -0.494 e. The van der Waals surface area contributed by atoms with Gasteiger partial charge in [0.15, 0.2) is 0 Å². The van der Waals surface area contributed by atoms with Gasteiger partial charge in [-0.05, 0) is 85.5 Å². The Labute approximate surface area is 256 Å². The van der Waals surface area contributed by atoms with Crippen LogP contribution in [-0.2, 0) is 26.2 Å². The molecule has 0 radical (unpaired) electrons. The Kier molecular flexibility index (Phi) is 11.9. The van der Waals surface area contributed by atoms with Crippen LogP contribution in [0.3, 0.4) is 0 Å². The molecule has 1 N–H and O–H groups in total. The number of carbonyl (C=O) groups excluding carboxylic acids is 2. The van der Waals surface area contributed by atoms with E-state index in [4.69, 9.17) is 4.74 Å². The second-order valence-electron chi connectivity index (χ2n) is 10.1. The molecule has 1 atom stereocenters. The highest BCUT2D eigenvalue weighted by Gasteiger charge is 2.33. The number of halogens is 2. The SMILES string of the molecule is CCOc1ccc(N(CC(=O)N(Cc2ccc(F)cc2)[C@@H](CC)C(=O)NCC(C)C)S(=O)(=O)c2ccc(Br)cc2)cc1. The number of ether oxygens (including phenoxy) is 1. The zero-order valence-electron chi connectivity index (χ0n) is 24.2. The van der Waals surface area contributed by atoms with Gasteiger partial charge < -0.3 is 15.0 Å². The molecular weight excluding hydrogens is 625 g/mol. The van der Waals surface area contributed by atoms with Crippen molar-refractivity contribution in [2.75, 3.05) is 24.0 Å². The number of amides is 2. The molecule has 0 spiro atoms. The first kappa shape index (κ1) is 33.1. The quantitative estimate of drug-likeness (QED) is 0.237. The number of carbonyl (C=O) groups is 2. The van der Waals surface area contributed by atoms with Gasteiger partial charge in [-0.1, -0.05) is 48.8 Å². The van der Waals surface area contributed by atoms with E-state index < -0.39 is 34.3 Å². The topological polar surface area (TPSA) is 96.0 Å². The lowest BCUT2D eigenvalue weighted by molar-refractivity contribution is -0.140. The highest BCUT2D eigenvalue weighted by atomic mass is 79.9. The summed E-state index contributed by atoms with van der Waals surface area (Å²) in [6, 6.07) is 17.3. The number of hydrogen-bond donors (Lipinski definition) is 1. The molecule has 3 aromatic rings. The third-order valence-corrected chi connectivity index (χ3v) is 8.77. The van der Waals surface area contributed by atoms with Crippen LogP contribution in [0.15, 0.2) is 82.2 Å². The molecule has 226 valence electrons. The number of hydrogen-bond acceptors (Lipinski definition) is 5. The Morgan fingerprint density at radius 2 is 1.57 bits per heavy atom. The first-order chi connectivity index (χ1) is 20.0. The summed E-state index contributed by atoms with van der Waals surface area (Å²) in [5.41, 5.74) is 0.858. The number of rotatable bonds is 14. The Balaban J connectivity index is 2.04. The molecule has 0 fully saturated rings. The molecule has 0 bridgehead atoms. The van der Waals surface area contributed by atoms with Gasteiger partial charge in [-0.15, -0.1) is 0 Å². The van der Waals surface area contributed by atoms with Crippen LogP contribution in [0.1, 0.15) is 39.7 Å². The van der Waals surface area contributed by atoms with Crippen molar-refractivity contribution in [1.82, 2.24) is 10.2 Å². The van der Waals surface area contributed by atoms with Crippen molar-refractivity contribution in [2.24, 2.45) is 5.92 Å². The van der Waals surface area contributed by atoms with Crippen LogP contribution in [0.4, 0.5) is 10.1 Å². The summed E-state index contributed by atoms with van der Waals surface area (Å²) in [7, 11) is -4.20. The van der Waals surface area contributed by atoms with Gasteiger partial charge in [-0.25, -0.2) is 12.8 Å². The molecule has 8 nitrogen and oxygen atoms in total. The summed E-state index contributed by atoms with van der Waals surface area (Å²) in [4.78, 5) is 28.7. The first-order valence-electron chi connectivity index (χ1n) is 13.8. The normalized spacial score (nSPS) is 12.1. The molecule has 0 aliphatic carbocycles. The van der Waals surface area contributed by atoms with Crippen molar-refractivity contribution < 1.29 is 27.1 Å². The molecule has 0 heterocycles. The molecule has 11 heteroatoms. The van der Waals surface area contributed by atoms with E-state index in [0.29, 0.717) is 35.4 Å². The minimum absolute atomic E-state index is 0.000753. The number of sulfonamides is 1.